The Kier molecular flexibility index (Phi) is 5.89. The van der Waals surface area contributed by atoms with Gasteiger partial charge in [0.2, 0.25) is 5.91 Å². The first-order valence-corrected chi connectivity index (χ1v) is 10.0. The fraction of sp³-hybridized carbons (Fsp3) is 0.636. The fourth-order valence-electron chi connectivity index (χ4n) is 4.80. The third kappa shape index (κ3) is 3.88. The molecule has 1 N–H and O–H groups in total. The van der Waals surface area contributed by atoms with E-state index in [2.05, 4.69) is 0 Å². The van der Waals surface area contributed by atoms with Gasteiger partial charge in [-0.3, -0.25) is 4.79 Å². The van der Waals surface area contributed by atoms with E-state index in [4.69, 9.17) is 4.74 Å². The second-order valence-corrected chi connectivity index (χ2v) is 8.44. The van der Waals surface area contributed by atoms with E-state index in [9.17, 15) is 14.7 Å². The molecule has 148 valence electrons. The number of likely N-dealkylation sites (tertiary alicyclic amines) is 1. The number of carbonyl (C=O) groups is 2. The highest BCUT2D eigenvalue weighted by atomic mass is 16.5. The van der Waals surface area contributed by atoms with Crippen LogP contribution in [0.2, 0.25) is 0 Å². The Morgan fingerprint density at radius 2 is 1.74 bits per heavy atom. The molecule has 5 nitrogen and oxygen atoms in total. The molecule has 0 bridgehead atoms. The lowest BCUT2D eigenvalue weighted by Crippen LogP contribution is -2.51. The van der Waals surface area contributed by atoms with Crippen LogP contribution in [0, 0.1) is 11.8 Å². The van der Waals surface area contributed by atoms with Gasteiger partial charge in [0.1, 0.15) is 6.04 Å². The van der Waals surface area contributed by atoms with Gasteiger partial charge in [-0.05, 0) is 38.7 Å². The zero-order valence-corrected chi connectivity index (χ0v) is 16.6. The van der Waals surface area contributed by atoms with Crippen molar-refractivity contribution in [2.45, 2.75) is 70.1 Å². The molecule has 3 rings (SSSR count). The van der Waals surface area contributed by atoms with Crippen LogP contribution < -0.4 is 0 Å². The number of methoxy groups -OCH3 is 1. The number of carboxylic acids is 1. The third-order valence-electron chi connectivity index (χ3n) is 6.56. The van der Waals surface area contributed by atoms with Crippen molar-refractivity contribution in [3.8, 4) is 0 Å². The third-order valence-corrected chi connectivity index (χ3v) is 6.56. The van der Waals surface area contributed by atoms with Crippen LogP contribution in [0.3, 0.4) is 0 Å². The molecular weight excluding hydrogens is 342 g/mol. The summed E-state index contributed by atoms with van der Waals surface area (Å²) in [6.07, 6.45) is 5.58. The van der Waals surface area contributed by atoms with Crippen molar-refractivity contribution in [2.24, 2.45) is 11.8 Å². The monoisotopic (exact) mass is 373 g/mol. The van der Waals surface area contributed by atoms with Crippen molar-refractivity contribution in [3.05, 3.63) is 35.9 Å². The highest BCUT2D eigenvalue weighted by Gasteiger charge is 2.54. The lowest BCUT2D eigenvalue weighted by Gasteiger charge is -2.36. The van der Waals surface area contributed by atoms with Gasteiger partial charge in [0, 0.05) is 18.9 Å². The molecule has 1 aliphatic carbocycles. The van der Waals surface area contributed by atoms with Gasteiger partial charge in [0.15, 0.2) is 0 Å². The van der Waals surface area contributed by atoms with E-state index in [1.807, 2.05) is 44.2 Å². The number of rotatable bonds is 5. The molecule has 1 amide bonds. The van der Waals surface area contributed by atoms with Gasteiger partial charge in [-0.2, -0.15) is 0 Å². The second kappa shape index (κ2) is 8.01. The number of aliphatic carboxylic acids is 1. The molecule has 0 aromatic heterocycles. The smallest absolute Gasteiger partial charge is 0.326 e. The summed E-state index contributed by atoms with van der Waals surface area (Å²) in [5.74, 6) is -1.26. The van der Waals surface area contributed by atoms with E-state index >= 15 is 0 Å². The minimum absolute atomic E-state index is 0.00496. The summed E-state index contributed by atoms with van der Waals surface area (Å²) in [5, 5.41) is 10.1. The van der Waals surface area contributed by atoms with Crippen molar-refractivity contribution in [1.29, 1.82) is 0 Å². The number of nitrogens with zero attached hydrogens (tertiary/aromatic N) is 1. The Morgan fingerprint density at radius 1 is 1.11 bits per heavy atom. The highest BCUT2D eigenvalue weighted by Crippen LogP contribution is 2.47. The molecular formula is C22H31NO4. The van der Waals surface area contributed by atoms with Crippen molar-refractivity contribution in [2.75, 3.05) is 7.11 Å². The number of hydrogen-bond donors (Lipinski definition) is 1. The molecule has 2 aliphatic rings. The maximum Gasteiger partial charge on any atom is 0.326 e. The number of benzene rings is 1. The van der Waals surface area contributed by atoms with Crippen molar-refractivity contribution in [1.82, 2.24) is 4.90 Å². The van der Waals surface area contributed by atoms with Crippen LogP contribution in [0.15, 0.2) is 30.3 Å². The summed E-state index contributed by atoms with van der Waals surface area (Å²) in [6.45, 7) is 3.84. The van der Waals surface area contributed by atoms with Crippen LogP contribution in [-0.2, 0) is 14.3 Å². The molecule has 2 fully saturated rings. The largest absolute Gasteiger partial charge is 0.480 e. The Hall–Kier alpha value is -1.88. The predicted molar refractivity (Wildman–Crippen MR) is 103 cm³/mol. The van der Waals surface area contributed by atoms with Gasteiger partial charge in [0.25, 0.3) is 0 Å². The van der Waals surface area contributed by atoms with Gasteiger partial charge in [-0.1, -0.05) is 49.6 Å². The van der Waals surface area contributed by atoms with E-state index in [1.165, 1.54) is 0 Å². The summed E-state index contributed by atoms with van der Waals surface area (Å²) in [7, 11) is 1.61. The summed E-state index contributed by atoms with van der Waals surface area (Å²) in [6, 6.07) is 8.74. The van der Waals surface area contributed by atoms with Gasteiger partial charge in [-0.25, -0.2) is 4.79 Å². The van der Waals surface area contributed by atoms with E-state index in [1.54, 1.807) is 12.0 Å². The number of amides is 1. The van der Waals surface area contributed by atoms with E-state index in [-0.39, 0.29) is 23.8 Å². The zero-order chi connectivity index (χ0) is 19.6. The first-order valence-electron chi connectivity index (χ1n) is 10.0. The fourth-order valence-corrected chi connectivity index (χ4v) is 4.80. The first kappa shape index (κ1) is 19.9. The topological polar surface area (TPSA) is 66.8 Å². The molecule has 0 spiro atoms. The quantitative estimate of drug-likeness (QED) is 0.846. The average molecular weight is 373 g/mol. The van der Waals surface area contributed by atoms with Crippen LogP contribution in [0.5, 0.6) is 0 Å². The Morgan fingerprint density at radius 3 is 2.30 bits per heavy atom. The van der Waals surface area contributed by atoms with Crippen molar-refractivity contribution < 1.29 is 19.4 Å². The number of hydrogen-bond acceptors (Lipinski definition) is 3. The molecule has 5 heteroatoms. The van der Waals surface area contributed by atoms with Crippen LogP contribution in [0.25, 0.3) is 0 Å². The first-order chi connectivity index (χ1) is 12.9. The standard InChI is InChI=1S/C22H31NO4/c1-22(2,27-3)17-14-18(15-10-6-4-7-11-15)23(19(17)21(25)26)20(24)16-12-8-5-9-13-16/h4,6-7,10-11,16-19H,5,8-9,12-14H2,1-3H3,(H,25,26). The van der Waals surface area contributed by atoms with Crippen LogP contribution >= 0.6 is 0 Å². The number of ether oxygens (including phenoxy) is 1. The molecule has 1 saturated carbocycles. The number of carboxylic acid groups (broad SMARTS) is 1. The van der Waals surface area contributed by atoms with Crippen molar-refractivity contribution in [3.63, 3.8) is 0 Å². The molecule has 1 aliphatic heterocycles. The Balaban J connectivity index is 2.01. The molecule has 1 heterocycles. The molecule has 1 aromatic carbocycles. The maximum atomic E-state index is 13.5. The number of carbonyl (C=O) groups excluding carboxylic acids is 1. The average Bonchev–Trinajstić information content (AvgIpc) is 3.10. The lowest BCUT2D eigenvalue weighted by atomic mass is 9.83. The second-order valence-electron chi connectivity index (χ2n) is 8.44. The summed E-state index contributed by atoms with van der Waals surface area (Å²) in [5.41, 5.74) is 0.375. The Labute approximate surface area is 161 Å². The lowest BCUT2D eigenvalue weighted by molar-refractivity contribution is -0.156. The molecule has 1 aromatic rings. The van der Waals surface area contributed by atoms with Crippen molar-refractivity contribution >= 4 is 11.9 Å². The molecule has 0 radical (unpaired) electrons. The summed E-state index contributed by atoms with van der Waals surface area (Å²) in [4.78, 5) is 27.5. The Bertz CT molecular complexity index is 666. The van der Waals surface area contributed by atoms with Gasteiger partial charge < -0.3 is 14.7 Å². The summed E-state index contributed by atoms with van der Waals surface area (Å²) >= 11 is 0. The predicted octanol–water partition coefficient (Wildman–Crippen LogP) is 4.03. The molecule has 3 unspecified atom stereocenters. The van der Waals surface area contributed by atoms with E-state index in [0.29, 0.717) is 6.42 Å². The van der Waals surface area contributed by atoms with Crippen LogP contribution in [0.4, 0.5) is 0 Å². The molecule has 27 heavy (non-hydrogen) atoms. The van der Waals surface area contributed by atoms with Crippen LogP contribution in [-0.4, -0.2) is 40.6 Å². The van der Waals surface area contributed by atoms with E-state index < -0.39 is 17.6 Å². The van der Waals surface area contributed by atoms with Gasteiger partial charge >= 0.3 is 5.97 Å². The molecule has 3 atom stereocenters. The summed E-state index contributed by atoms with van der Waals surface area (Å²) < 4.78 is 5.66. The SMILES string of the molecule is COC(C)(C)C1CC(c2ccccc2)N(C(=O)C2CCCCC2)C1C(=O)O. The van der Waals surface area contributed by atoms with Gasteiger partial charge in [-0.15, -0.1) is 0 Å². The van der Waals surface area contributed by atoms with Crippen LogP contribution in [0.1, 0.15) is 64.0 Å². The highest BCUT2D eigenvalue weighted by molar-refractivity contribution is 5.86. The van der Waals surface area contributed by atoms with E-state index in [0.717, 1.165) is 37.7 Å². The van der Waals surface area contributed by atoms with Gasteiger partial charge in [0.05, 0.1) is 11.6 Å². The maximum absolute atomic E-state index is 13.5. The normalized spacial score (nSPS) is 26.9. The minimum atomic E-state index is -0.937. The minimum Gasteiger partial charge on any atom is -0.480 e. The zero-order valence-electron chi connectivity index (χ0n) is 16.6. The molecule has 1 saturated heterocycles.